The second kappa shape index (κ2) is 8.15. The summed E-state index contributed by atoms with van der Waals surface area (Å²) in [6.07, 6.45) is 4.19. The summed E-state index contributed by atoms with van der Waals surface area (Å²) in [7, 11) is 0. The first kappa shape index (κ1) is 17.5. The Bertz CT molecular complexity index is 655. The lowest BCUT2D eigenvalue weighted by atomic mass is 10.1. The number of nitrogens with zero attached hydrogens (tertiary/aromatic N) is 1. The maximum Gasteiger partial charge on any atom is 0.357 e. The largest absolute Gasteiger partial charge is 0.476 e. The fraction of sp³-hybridized carbons (Fsp3) is 0.412. The van der Waals surface area contributed by atoms with Crippen molar-refractivity contribution >= 4 is 17.7 Å². The van der Waals surface area contributed by atoms with Crippen molar-refractivity contribution in [2.24, 2.45) is 0 Å². The number of carboxylic acids is 1. The predicted octanol–water partition coefficient (Wildman–Crippen LogP) is 4.97. The van der Waals surface area contributed by atoms with Crippen LogP contribution in [0.3, 0.4) is 0 Å². The molecule has 2 aromatic rings. The number of aromatic amines is 1. The lowest BCUT2D eigenvalue weighted by Gasteiger charge is -2.17. The molecule has 1 aromatic carbocycles. The van der Waals surface area contributed by atoms with Gasteiger partial charge in [-0.25, -0.2) is 9.18 Å². The van der Waals surface area contributed by atoms with E-state index in [4.69, 9.17) is 0 Å². The molecular formula is C17H21FN2O2S. The zero-order valence-electron chi connectivity index (χ0n) is 13.3. The summed E-state index contributed by atoms with van der Waals surface area (Å²) < 4.78 is 13.2. The SMILES string of the molecule is CCCCCC(Sc1c(C(=O)O)n[nH]c1C)c1ccc(F)cc1. The maximum absolute atomic E-state index is 13.2. The van der Waals surface area contributed by atoms with Crippen LogP contribution in [0.15, 0.2) is 29.2 Å². The molecule has 0 bridgehead atoms. The van der Waals surface area contributed by atoms with Crippen molar-refractivity contribution in [3.05, 3.63) is 47.0 Å². The molecule has 23 heavy (non-hydrogen) atoms. The van der Waals surface area contributed by atoms with Crippen LogP contribution in [0.25, 0.3) is 0 Å². The summed E-state index contributed by atoms with van der Waals surface area (Å²) in [6.45, 7) is 3.96. The number of halogens is 1. The highest BCUT2D eigenvalue weighted by Crippen LogP contribution is 2.41. The number of unbranched alkanes of at least 4 members (excludes halogenated alkanes) is 2. The zero-order valence-corrected chi connectivity index (χ0v) is 14.1. The normalized spacial score (nSPS) is 12.3. The van der Waals surface area contributed by atoms with Gasteiger partial charge < -0.3 is 5.11 Å². The smallest absolute Gasteiger partial charge is 0.357 e. The average molecular weight is 336 g/mol. The molecule has 0 fully saturated rings. The fourth-order valence-electron chi connectivity index (χ4n) is 2.40. The number of thioether (sulfide) groups is 1. The first-order chi connectivity index (χ1) is 11.0. The zero-order chi connectivity index (χ0) is 16.8. The van der Waals surface area contributed by atoms with E-state index in [2.05, 4.69) is 17.1 Å². The molecule has 2 rings (SSSR count). The van der Waals surface area contributed by atoms with Crippen molar-refractivity contribution in [1.29, 1.82) is 0 Å². The number of aryl methyl sites for hydroxylation is 1. The van der Waals surface area contributed by atoms with E-state index in [1.54, 1.807) is 12.1 Å². The molecule has 1 heterocycles. The van der Waals surface area contributed by atoms with E-state index in [1.807, 2.05) is 6.92 Å². The van der Waals surface area contributed by atoms with Gasteiger partial charge >= 0.3 is 5.97 Å². The number of carbonyl (C=O) groups is 1. The first-order valence-electron chi connectivity index (χ1n) is 7.73. The Hall–Kier alpha value is -1.82. The number of H-pyrrole nitrogens is 1. The van der Waals surface area contributed by atoms with E-state index in [1.165, 1.54) is 23.9 Å². The highest BCUT2D eigenvalue weighted by Gasteiger charge is 2.22. The lowest BCUT2D eigenvalue weighted by molar-refractivity contribution is 0.0686. The molecule has 1 unspecified atom stereocenters. The van der Waals surface area contributed by atoms with Gasteiger partial charge in [-0.3, -0.25) is 5.10 Å². The molecule has 0 saturated heterocycles. The Morgan fingerprint density at radius 1 is 1.35 bits per heavy atom. The molecule has 1 atom stereocenters. The van der Waals surface area contributed by atoms with Gasteiger partial charge in [0.15, 0.2) is 5.69 Å². The summed E-state index contributed by atoms with van der Waals surface area (Å²) in [5.74, 6) is -1.31. The molecule has 2 N–H and O–H groups in total. The molecule has 0 radical (unpaired) electrons. The third-order valence-electron chi connectivity index (χ3n) is 3.67. The van der Waals surface area contributed by atoms with Crippen LogP contribution in [0.4, 0.5) is 4.39 Å². The number of carboxylic acid groups (broad SMARTS) is 1. The van der Waals surface area contributed by atoms with E-state index in [0.29, 0.717) is 4.90 Å². The van der Waals surface area contributed by atoms with Gasteiger partial charge in [-0.2, -0.15) is 5.10 Å². The van der Waals surface area contributed by atoms with E-state index in [0.717, 1.165) is 36.9 Å². The van der Waals surface area contributed by atoms with Crippen LogP contribution < -0.4 is 0 Å². The van der Waals surface area contributed by atoms with Gasteiger partial charge in [-0.1, -0.05) is 38.3 Å². The minimum Gasteiger partial charge on any atom is -0.476 e. The van der Waals surface area contributed by atoms with Gasteiger partial charge in [0, 0.05) is 10.9 Å². The molecular weight excluding hydrogens is 315 g/mol. The molecule has 0 amide bonds. The van der Waals surface area contributed by atoms with Crippen molar-refractivity contribution in [3.63, 3.8) is 0 Å². The van der Waals surface area contributed by atoms with Gasteiger partial charge in [0.25, 0.3) is 0 Å². The van der Waals surface area contributed by atoms with Crippen molar-refractivity contribution in [2.45, 2.75) is 49.7 Å². The van der Waals surface area contributed by atoms with Gasteiger partial charge in [0.2, 0.25) is 0 Å². The topological polar surface area (TPSA) is 66.0 Å². The van der Waals surface area contributed by atoms with Crippen molar-refractivity contribution in [1.82, 2.24) is 10.2 Å². The fourth-order valence-corrected chi connectivity index (χ4v) is 3.73. The van der Waals surface area contributed by atoms with Crippen LogP contribution in [0, 0.1) is 12.7 Å². The van der Waals surface area contributed by atoms with Crippen LogP contribution in [-0.2, 0) is 0 Å². The van der Waals surface area contributed by atoms with E-state index >= 15 is 0 Å². The second-order valence-corrected chi connectivity index (χ2v) is 6.70. The Morgan fingerprint density at radius 3 is 2.65 bits per heavy atom. The predicted molar refractivity (Wildman–Crippen MR) is 89.4 cm³/mol. The van der Waals surface area contributed by atoms with Gasteiger partial charge in [-0.15, -0.1) is 11.8 Å². The number of benzene rings is 1. The highest BCUT2D eigenvalue weighted by atomic mass is 32.2. The molecule has 0 saturated carbocycles. The van der Waals surface area contributed by atoms with Crippen LogP contribution in [0.2, 0.25) is 0 Å². The van der Waals surface area contributed by atoms with Gasteiger partial charge in [-0.05, 0) is 31.0 Å². The highest BCUT2D eigenvalue weighted by molar-refractivity contribution is 7.99. The van der Waals surface area contributed by atoms with Crippen molar-refractivity contribution < 1.29 is 14.3 Å². The summed E-state index contributed by atoms with van der Waals surface area (Å²) in [5, 5.41) is 16.0. The standard InChI is InChI=1S/C17H21FN2O2S/c1-3-4-5-6-14(12-7-9-13(18)10-8-12)23-16-11(2)19-20-15(16)17(21)22/h7-10,14H,3-6H2,1-2H3,(H,19,20)(H,21,22). The molecule has 0 aliphatic carbocycles. The lowest BCUT2D eigenvalue weighted by Crippen LogP contribution is -2.01. The third kappa shape index (κ3) is 4.58. The summed E-state index contributed by atoms with van der Waals surface area (Å²) in [5.41, 5.74) is 1.80. The Balaban J connectivity index is 2.25. The minimum absolute atomic E-state index is 0.0510. The van der Waals surface area contributed by atoms with E-state index < -0.39 is 5.97 Å². The van der Waals surface area contributed by atoms with Gasteiger partial charge in [0.1, 0.15) is 5.82 Å². The Morgan fingerprint density at radius 2 is 2.04 bits per heavy atom. The first-order valence-corrected chi connectivity index (χ1v) is 8.61. The monoisotopic (exact) mass is 336 g/mol. The molecule has 124 valence electrons. The number of aromatic carboxylic acids is 1. The Labute approximate surface area is 139 Å². The Kier molecular flexibility index (Phi) is 6.21. The quantitative estimate of drug-likeness (QED) is 0.527. The molecule has 1 aromatic heterocycles. The van der Waals surface area contributed by atoms with Gasteiger partial charge in [0.05, 0.1) is 4.90 Å². The van der Waals surface area contributed by atoms with E-state index in [-0.39, 0.29) is 16.8 Å². The number of hydrogen-bond acceptors (Lipinski definition) is 3. The van der Waals surface area contributed by atoms with Crippen LogP contribution in [-0.4, -0.2) is 21.3 Å². The number of nitrogens with one attached hydrogen (secondary N) is 1. The molecule has 0 aliphatic heterocycles. The molecule has 6 heteroatoms. The molecule has 0 spiro atoms. The van der Waals surface area contributed by atoms with Crippen molar-refractivity contribution in [2.75, 3.05) is 0 Å². The molecule has 4 nitrogen and oxygen atoms in total. The van der Waals surface area contributed by atoms with Crippen LogP contribution in [0.1, 0.15) is 59.6 Å². The van der Waals surface area contributed by atoms with Crippen LogP contribution in [0.5, 0.6) is 0 Å². The summed E-state index contributed by atoms with van der Waals surface area (Å²) >= 11 is 1.49. The van der Waals surface area contributed by atoms with Crippen LogP contribution >= 0.6 is 11.8 Å². The average Bonchev–Trinajstić information content (AvgIpc) is 2.88. The number of aromatic nitrogens is 2. The minimum atomic E-state index is -1.04. The summed E-state index contributed by atoms with van der Waals surface area (Å²) in [4.78, 5) is 12.0. The van der Waals surface area contributed by atoms with Crippen molar-refractivity contribution in [3.8, 4) is 0 Å². The third-order valence-corrected chi connectivity index (χ3v) is 5.19. The molecule has 0 aliphatic rings. The number of hydrogen-bond donors (Lipinski definition) is 2. The maximum atomic E-state index is 13.2. The second-order valence-electron chi connectivity index (χ2n) is 5.49. The number of rotatable bonds is 8. The summed E-state index contributed by atoms with van der Waals surface area (Å²) in [6, 6.07) is 6.44. The van der Waals surface area contributed by atoms with E-state index in [9.17, 15) is 14.3 Å².